The summed E-state index contributed by atoms with van der Waals surface area (Å²) >= 11 is 0. The number of ether oxygens (including phenoxy) is 1. The first-order chi connectivity index (χ1) is 13.0. The molecule has 7 nitrogen and oxygen atoms in total. The molecule has 0 saturated carbocycles. The van der Waals surface area contributed by atoms with E-state index in [1.54, 1.807) is 11.9 Å². The second-order valence-corrected chi connectivity index (χ2v) is 7.64. The number of nitrogens with zero attached hydrogens (tertiary/aromatic N) is 3. The lowest BCUT2D eigenvalue weighted by Crippen LogP contribution is -2.57. The lowest BCUT2D eigenvalue weighted by atomic mass is 9.85. The molecule has 3 aliphatic rings. The molecule has 4 rings (SSSR count). The molecule has 0 aromatic heterocycles. The van der Waals surface area contributed by atoms with Gasteiger partial charge in [-0.2, -0.15) is 0 Å². The molecule has 1 spiro atoms. The molecular formula is C20H25N3O4. The number of hydrogen-bond donors (Lipinski definition) is 0. The molecule has 144 valence electrons. The predicted octanol–water partition coefficient (Wildman–Crippen LogP) is 1.48. The smallest absolute Gasteiger partial charge is 0.327 e. The van der Waals surface area contributed by atoms with Crippen LogP contribution < -0.4 is 0 Å². The maximum Gasteiger partial charge on any atom is 0.327 e. The Kier molecular flexibility index (Phi) is 4.63. The number of imide groups is 1. The Morgan fingerprint density at radius 1 is 1.19 bits per heavy atom. The van der Waals surface area contributed by atoms with Gasteiger partial charge < -0.3 is 14.5 Å². The number of piperidine rings is 1. The van der Waals surface area contributed by atoms with Crippen LogP contribution in [0.3, 0.4) is 0 Å². The fourth-order valence-electron chi connectivity index (χ4n) is 4.43. The highest BCUT2D eigenvalue weighted by atomic mass is 16.5. The monoisotopic (exact) mass is 371 g/mol. The van der Waals surface area contributed by atoms with E-state index in [4.69, 9.17) is 4.74 Å². The summed E-state index contributed by atoms with van der Waals surface area (Å²) in [5.74, 6) is -0.107. The summed E-state index contributed by atoms with van der Waals surface area (Å²) in [6, 6.07) is 9.45. The summed E-state index contributed by atoms with van der Waals surface area (Å²) in [5.41, 5.74) is 0.153. The van der Waals surface area contributed by atoms with Crippen LogP contribution in [0.2, 0.25) is 0 Å². The summed E-state index contributed by atoms with van der Waals surface area (Å²) < 4.78 is 5.33. The Morgan fingerprint density at radius 3 is 2.52 bits per heavy atom. The fourth-order valence-corrected chi connectivity index (χ4v) is 4.43. The Morgan fingerprint density at radius 2 is 1.89 bits per heavy atom. The molecule has 4 amide bonds. The average molecular weight is 371 g/mol. The van der Waals surface area contributed by atoms with Crippen molar-refractivity contribution in [1.82, 2.24) is 14.7 Å². The molecule has 0 aliphatic carbocycles. The molecule has 0 radical (unpaired) electrons. The zero-order valence-electron chi connectivity index (χ0n) is 15.6. The molecule has 3 fully saturated rings. The molecule has 7 heteroatoms. The molecule has 1 aromatic rings. The van der Waals surface area contributed by atoms with Crippen molar-refractivity contribution in [3.8, 4) is 0 Å². The van der Waals surface area contributed by atoms with Gasteiger partial charge >= 0.3 is 6.03 Å². The van der Waals surface area contributed by atoms with Gasteiger partial charge in [-0.05, 0) is 24.8 Å². The van der Waals surface area contributed by atoms with Crippen LogP contribution in [-0.4, -0.2) is 71.4 Å². The molecule has 3 aliphatic heterocycles. The van der Waals surface area contributed by atoms with Crippen LogP contribution >= 0.6 is 0 Å². The standard InChI is InChI=1S/C20H25N3O4/c1-21-18(25)20(23(19(21)26)13-15-5-3-2-4-6-15)8-10-22(11-9-20)17(24)16-7-12-27-14-16/h2-6,16H,7-14H2,1H3. The van der Waals surface area contributed by atoms with E-state index in [9.17, 15) is 14.4 Å². The number of likely N-dealkylation sites (N-methyl/N-ethyl adjacent to an activating group) is 1. The first-order valence-corrected chi connectivity index (χ1v) is 9.53. The summed E-state index contributed by atoms with van der Waals surface area (Å²) in [6.45, 7) is 2.51. The molecule has 3 heterocycles. The number of carbonyl (C=O) groups excluding carboxylic acids is 3. The minimum Gasteiger partial charge on any atom is -0.381 e. The van der Waals surface area contributed by atoms with Gasteiger partial charge in [0, 0.05) is 33.3 Å². The first-order valence-electron chi connectivity index (χ1n) is 9.53. The van der Waals surface area contributed by atoms with E-state index in [0.29, 0.717) is 45.7 Å². The van der Waals surface area contributed by atoms with E-state index >= 15 is 0 Å². The van der Waals surface area contributed by atoms with Gasteiger partial charge in [-0.25, -0.2) is 4.79 Å². The minimum absolute atomic E-state index is 0.0666. The number of amides is 4. The Hall–Kier alpha value is -2.41. The van der Waals surface area contributed by atoms with Gasteiger partial charge in [0.1, 0.15) is 5.54 Å². The van der Waals surface area contributed by atoms with E-state index in [-0.39, 0.29) is 23.8 Å². The third-order valence-electron chi connectivity index (χ3n) is 6.10. The molecule has 27 heavy (non-hydrogen) atoms. The van der Waals surface area contributed by atoms with Crippen molar-refractivity contribution < 1.29 is 19.1 Å². The molecule has 1 aromatic carbocycles. The second-order valence-electron chi connectivity index (χ2n) is 7.64. The van der Waals surface area contributed by atoms with Crippen LogP contribution in [0, 0.1) is 5.92 Å². The van der Waals surface area contributed by atoms with Crippen molar-refractivity contribution in [2.75, 3.05) is 33.4 Å². The molecule has 0 N–H and O–H groups in total. The average Bonchev–Trinajstić information content (AvgIpc) is 3.30. The van der Waals surface area contributed by atoms with E-state index < -0.39 is 5.54 Å². The summed E-state index contributed by atoms with van der Waals surface area (Å²) in [4.78, 5) is 43.1. The van der Waals surface area contributed by atoms with Crippen molar-refractivity contribution in [2.45, 2.75) is 31.3 Å². The van der Waals surface area contributed by atoms with Crippen LogP contribution in [-0.2, 0) is 20.9 Å². The van der Waals surface area contributed by atoms with Gasteiger partial charge in [0.25, 0.3) is 5.91 Å². The highest BCUT2D eigenvalue weighted by Crippen LogP contribution is 2.38. The maximum atomic E-state index is 13.0. The van der Waals surface area contributed by atoms with Crippen molar-refractivity contribution in [2.24, 2.45) is 5.92 Å². The number of carbonyl (C=O) groups is 3. The molecule has 1 atom stereocenters. The number of hydrogen-bond acceptors (Lipinski definition) is 4. The van der Waals surface area contributed by atoms with E-state index in [1.807, 2.05) is 35.2 Å². The van der Waals surface area contributed by atoms with Crippen molar-refractivity contribution in [3.05, 3.63) is 35.9 Å². The van der Waals surface area contributed by atoms with Gasteiger partial charge in [0.2, 0.25) is 5.91 Å². The van der Waals surface area contributed by atoms with Crippen molar-refractivity contribution >= 4 is 17.8 Å². The normalized spacial score (nSPS) is 24.9. The summed E-state index contributed by atoms with van der Waals surface area (Å²) in [5, 5.41) is 0. The van der Waals surface area contributed by atoms with Crippen LogP contribution in [0.5, 0.6) is 0 Å². The number of benzene rings is 1. The predicted molar refractivity (Wildman–Crippen MR) is 97.6 cm³/mol. The molecule has 3 saturated heterocycles. The van der Waals surface area contributed by atoms with E-state index in [0.717, 1.165) is 12.0 Å². The van der Waals surface area contributed by atoms with Crippen LogP contribution in [0.4, 0.5) is 4.79 Å². The van der Waals surface area contributed by atoms with Gasteiger partial charge in [0.15, 0.2) is 0 Å². The highest BCUT2D eigenvalue weighted by Gasteiger charge is 2.57. The number of urea groups is 1. The fraction of sp³-hybridized carbons (Fsp3) is 0.550. The second kappa shape index (κ2) is 6.96. The quantitative estimate of drug-likeness (QED) is 0.755. The molecule has 1 unspecified atom stereocenters. The SMILES string of the molecule is CN1C(=O)N(Cc2ccccc2)C2(CCN(C(=O)C3CCOC3)CC2)C1=O. The van der Waals surface area contributed by atoms with Gasteiger partial charge in [0.05, 0.1) is 12.5 Å². The number of likely N-dealkylation sites (tertiary alicyclic amines) is 1. The van der Waals surface area contributed by atoms with Gasteiger partial charge in [-0.3, -0.25) is 14.5 Å². The first kappa shape index (κ1) is 18.0. The highest BCUT2D eigenvalue weighted by molar-refractivity contribution is 6.06. The largest absolute Gasteiger partial charge is 0.381 e. The third-order valence-corrected chi connectivity index (χ3v) is 6.10. The zero-order chi connectivity index (χ0) is 19.0. The van der Waals surface area contributed by atoms with Crippen molar-refractivity contribution in [3.63, 3.8) is 0 Å². The van der Waals surface area contributed by atoms with Crippen LogP contribution in [0.25, 0.3) is 0 Å². The van der Waals surface area contributed by atoms with E-state index in [2.05, 4.69) is 0 Å². The molecule has 0 bridgehead atoms. The number of rotatable bonds is 3. The topological polar surface area (TPSA) is 70.2 Å². The van der Waals surface area contributed by atoms with E-state index in [1.165, 1.54) is 4.90 Å². The molecular weight excluding hydrogens is 346 g/mol. The summed E-state index contributed by atoms with van der Waals surface area (Å²) in [6.07, 6.45) is 1.73. The Bertz CT molecular complexity index is 737. The Labute approximate surface area is 158 Å². The maximum absolute atomic E-state index is 13.0. The zero-order valence-corrected chi connectivity index (χ0v) is 15.6. The Balaban J connectivity index is 1.52. The van der Waals surface area contributed by atoms with Crippen LogP contribution in [0.1, 0.15) is 24.8 Å². The van der Waals surface area contributed by atoms with Crippen molar-refractivity contribution in [1.29, 1.82) is 0 Å². The lowest BCUT2D eigenvalue weighted by Gasteiger charge is -2.42. The third kappa shape index (κ3) is 3.00. The minimum atomic E-state index is -0.843. The van der Waals surface area contributed by atoms with Gasteiger partial charge in [-0.1, -0.05) is 30.3 Å². The lowest BCUT2D eigenvalue weighted by molar-refractivity contribution is -0.143. The van der Waals surface area contributed by atoms with Crippen LogP contribution in [0.15, 0.2) is 30.3 Å². The summed E-state index contributed by atoms with van der Waals surface area (Å²) in [7, 11) is 1.55. The van der Waals surface area contributed by atoms with Gasteiger partial charge in [-0.15, -0.1) is 0 Å².